The summed E-state index contributed by atoms with van der Waals surface area (Å²) in [7, 11) is -2.17. The first kappa shape index (κ1) is 24.0. The zero-order valence-corrected chi connectivity index (χ0v) is 16.8. The Labute approximate surface area is 168 Å². The quantitative estimate of drug-likeness (QED) is 0.694. The van der Waals surface area contributed by atoms with Gasteiger partial charge in [-0.15, -0.1) is 12.4 Å². The van der Waals surface area contributed by atoms with Crippen molar-refractivity contribution < 1.29 is 26.7 Å². The summed E-state index contributed by atoms with van der Waals surface area (Å²) in [6, 6.07) is 6.27. The van der Waals surface area contributed by atoms with Gasteiger partial charge in [0.05, 0.1) is 17.5 Å². The minimum absolute atomic E-state index is 0. The number of benzene rings is 2. The fourth-order valence-corrected chi connectivity index (χ4v) is 3.18. The summed E-state index contributed by atoms with van der Waals surface area (Å²) >= 11 is 0. The molecule has 2 aromatic carbocycles. The summed E-state index contributed by atoms with van der Waals surface area (Å²) < 4.78 is 56.5. The van der Waals surface area contributed by atoms with Crippen LogP contribution in [0.1, 0.15) is 17.2 Å². The van der Waals surface area contributed by atoms with Gasteiger partial charge in [-0.25, -0.2) is 17.2 Å². The maximum Gasteiger partial charge on any atom is 0.240 e. The Bertz CT molecular complexity index is 941. The largest absolute Gasteiger partial charge is 0.383 e. The highest BCUT2D eigenvalue weighted by molar-refractivity contribution is 7.90. The molecule has 10 heteroatoms. The number of methoxy groups -OCH3 is 1. The molecule has 6 nitrogen and oxygen atoms in total. The monoisotopic (exact) mass is 434 g/mol. The van der Waals surface area contributed by atoms with Crippen molar-refractivity contribution in [3.8, 4) is 0 Å². The summed E-state index contributed by atoms with van der Waals surface area (Å²) in [5.41, 5.74) is 5.81. The molecule has 0 saturated heterocycles. The van der Waals surface area contributed by atoms with Crippen molar-refractivity contribution in [3.05, 3.63) is 65.2 Å². The number of hydrogen-bond donors (Lipinski definition) is 2. The smallest absolute Gasteiger partial charge is 0.240 e. The van der Waals surface area contributed by atoms with E-state index in [0.29, 0.717) is 0 Å². The number of nitrogens with one attached hydrogen (secondary N) is 1. The fourth-order valence-electron chi connectivity index (χ4n) is 2.51. The van der Waals surface area contributed by atoms with Gasteiger partial charge in [0.15, 0.2) is 9.84 Å². The van der Waals surface area contributed by atoms with E-state index in [9.17, 15) is 22.0 Å². The lowest BCUT2D eigenvalue weighted by Gasteiger charge is -2.23. The number of sulfone groups is 1. The molecular formula is C18H21ClF2N2O4S. The predicted molar refractivity (Wildman–Crippen MR) is 103 cm³/mol. The molecule has 3 N–H and O–H groups in total. The normalized spacial score (nSPS) is 13.3. The van der Waals surface area contributed by atoms with Gasteiger partial charge in [-0.3, -0.25) is 4.79 Å². The molecular weight excluding hydrogens is 414 g/mol. The van der Waals surface area contributed by atoms with E-state index in [4.69, 9.17) is 10.5 Å². The average Bonchev–Trinajstić information content (AvgIpc) is 2.61. The zero-order valence-electron chi connectivity index (χ0n) is 15.2. The van der Waals surface area contributed by atoms with E-state index >= 15 is 0 Å². The molecule has 2 rings (SSSR count). The summed E-state index contributed by atoms with van der Waals surface area (Å²) in [6.45, 7) is -0.0758. The van der Waals surface area contributed by atoms with Crippen LogP contribution in [0.5, 0.6) is 0 Å². The highest BCUT2D eigenvalue weighted by atomic mass is 35.5. The highest BCUT2D eigenvalue weighted by Gasteiger charge is 2.24. The standard InChI is InChI=1S/C18H20F2N2O4S.ClH/c1-26-10-16(21)18(23)22-17(14-9-12(19)6-7-15(14)20)11-4-3-5-13(8-11)27(2,24)25;/h3-9,16-17H,10,21H2,1-2H3,(H,22,23);1H. The molecule has 0 aromatic heterocycles. The van der Waals surface area contributed by atoms with Gasteiger partial charge in [-0.05, 0) is 35.9 Å². The van der Waals surface area contributed by atoms with Crippen molar-refractivity contribution in [1.29, 1.82) is 0 Å². The summed E-state index contributed by atoms with van der Waals surface area (Å²) in [4.78, 5) is 12.3. The van der Waals surface area contributed by atoms with Crippen LogP contribution in [0.4, 0.5) is 8.78 Å². The number of nitrogens with two attached hydrogens (primary N) is 1. The number of amides is 1. The van der Waals surface area contributed by atoms with Crippen LogP contribution in [0.25, 0.3) is 0 Å². The molecule has 0 spiro atoms. The van der Waals surface area contributed by atoms with Crippen molar-refractivity contribution in [2.24, 2.45) is 5.73 Å². The number of rotatable bonds is 7. The van der Waals surface area contributed by atoms with Gasteiger partial charge >= 0.3 is 0 Å². The van der Waals surface area contributed by atoms with E-state index in [1.54, 1.807) is 0 Å². The Kier molecular flexibility index (Phi) is 8.49. The van der Waals surface area contributed by atoms with Crippen LogP contribution in [-0.2, 0) is 19.4 Å². The molecule has 0 aliphatic rings. The highest BCUT2D eigenvalue weighted by Crippen LogP contribution is 2.27. The van der Waals surface area contributed by atoms with Crippen molar-refractivity contribution in [1.82, 2.24) is 5.32 Å². The topological polar surface area (TPSA) is 98.5 Å². The number of carbonyl (C=O) groups is 1. The second-order valence-electron chi connectivity index (χ2n) is 6.01. The first-order valence-corrected chi connectivity index (χ1v) is 9.82. The number of halogens is 3. The molecule has 2 atom stereocenters. The van der Waals surface area contributed by atoms with Crippen LogP contribution in [0.3, 0.4) is 0 Å². The van der Waals surface area contributed by atoms with Crippen molar-refractivity contribution >= 4 is 28.2 Å². The lowest BCUT2D eigenvalue weighted by molar-refractivity contribution is -0.124. The molecule has 0 bridgehead atoms. The van der Waals surface area contributed by atoms with Crippen molar-refractivity contribution in [2.45, 2.75) is 17.0 Å². The molecule has 1 amide bonds. The van der Waals surface area contributed by atoms with E-state index in [-0.39, 0.29) is 35.0 Å². The fraction of sp³-hybridized carbons (Fsp3) is 0.278. The van der Waals surface area contributed by atoms with Crippen molar-refractivity contribution in [3.63, 3.8) is 0 Å². The Balaban J connectivity index is 0.00000392. The molecule has 0 aliphatic heterocycles. The van der Waals surface area contributed by atoms with Gasteiger partial charge in [0, 0.05) is 18.9 Å². The van der Waals surface area contributed by atoms with E-state index in [1.807, 2.05) is 0 Å². The van der Waals surface area contributed by atoms with E-state index in [0.717, 1.165) is 24.5 Å². The minimum Gasteiger partial charge on any atom is -0.383 e. The third kappa shape index (κ3) is 5.96. The zero-order chi connectivity index (χ0) is 20.2. The van der Waals surface area contributed by atoms with Gasteiger partial charge in [-0.2, -0.15) is 0 Å². The maximum atomic E-state index is 14.3. The molecule has 0 radical (unpaired) electrons. The SMILES string of the molecule is COCC(N)C(=O)NC(c1cccc(S(C)(=O)=O)c1)c1cc(F)ccc1F.Cl. The molecule has 0 heterocycles. The first-order valence-electron chi connectivity index (χ1n) is 7.93. The third-order valence-electron chi connectivity index (χ3n) is 3.86. The second kappa shape index (κ2) is 9.92. The molecule has 0 saturated carbocycles. The van der Waals surface area contributed by atoms with Gasteiger partial charge in [-0.1, -0.05) is 12.1 Å². The van der Waals surface area contributed by atoms with Gasteiger partial charge in [0.25, 0.3) is 0 Å². The summed E-state index contributed by atoms with van der Waals surface area (Å²) in [6.07, 6.45) is 1.02. The van der Waals surface area contributed by atoms with Crippen LogP contribution in [0.15, 0.2) is 47.4 Å². The maximum absolute atomic E-state index is 14.3. The van der Waals surface area contributed by atoms with Gasteiger partial charge < -0.3 is 15.8 Å². The van der Waals surface area contributed by atoms with Crippen LogP contribution in [-0.4, -0.2) is 40.3 Å². The number of ether oxygens (including phenoxy) is 1. The Morgan fingerprint density at radius 1 is 1.21 bits per heavy atom. The lowest BCUT2D eigenvalue weighted by Crippen LogP contribution is -2.45. The van der Waals surface area contributed by atoms with E-state index in [2.05, 4.69) is 5.32 Å². The Morgan fingerprint density at radius 2 is 1.89 bits per heavy atom. The minimum atomic E-state index is -3.54. The molecule has 2 aromatic rings. The average molecular weight is 435 g/mol. The molecule has 28 heavy (non-hydrogen) atoms. The lowest BCUT2D eigenvalue weighted by atomic mass is 9.97. The Hall–Kier alpha value is -2.07. The number of hydrogen-bond acceptors (Lipinski definition) is 5. The van der Waals surface area contributed by atoms with Crippen molar-refractivity contribution in [2.75, 3.05) is 20.0 Å². The molecule has 0 aliphatic carbocycles. The van der Waals surface area contributed by atoms with Crippen LogP contribution < -0.4 is 11.1 Å². The van der Waals surface area contributed by atoms with E-state index < -0.39 is 39.5 Å². The third-order valence-corrected chi connectivity index (χ3v) is 4.97. The first-order chi connectivity index (χ1) is 12.6. The van der Waals surface area contributed by atoms with E-state index in [1.165, 1.54) is 31.4 Å². The van der Waals surface area contributed by atoms with Gasteiger partial charge in [0.1, 0.15) is 17.7 Å². The molecule has 2 unspecified atom stereocenters. The molecule has 154 valence electrons. The van der Waals surface area contributed by atoms with Crippen LogP contribution >= 0.6 is 12.4 Å². The van der Waals surface area contributed by atoms with Gasteiger partial charge in [0.2, 0.25) is 5.91 Å². The van der Waals surface area contributed by atoms with Crippen LogP contribution in [0, 0.1) is 11.6 Å². The second-order valence-corrected chi connectivity index (χ2v) is 8.03. The summed E-state index contributed by atoms with van der Waals surface area (Å²) in [5, 5.41) is 2.54. The summed E-state index contributed by atoms with van der Waals surface area (Å²) in [5.74, 6) is -2.12. The predicted octanol–water partition coefficient (Wildman–Crippen LogP) is 1.97. The number of carbonyl (C=O) groups excluding carboxylic acids is 1. The Morgan fingerprint density at radius 3 is 2.50 bits per heavy atom. The molecule has 0 fully saturated rings. The van der Waals surface area contributed by atoms with Crippen LogP contribution in [0.2, 0.25) is 0 Å².